The summed E-state index contributed by atoms with van der Waals surface area (Å²) in [5.41, 5.74) is 0.943. The molecule has 0 fully saturated rings. The van der Waals surface area contributed by atoms with Gasteiger partial charge in [-0.05, 0) is 19.9 Å². The fourth-order valence-corrected chi connectivity index (χ4v) is 0.888. The molecule has 1 N–H and O–H groups in total. The van der Waals surface area contributed by atoms with Crippen LogP contribution in [0.4, 0.5) is 0 Å². The highest BCUT2D eigenvalue weighted by Crippen LogP contribution is 2.00. The van der Waals surface area contributed by atoms with Gasteiger partial charge in [0.25, 0.3) is 0 Å². The first kappa shape index (κ1) is 8.27. The summed E-state index contributed by atoms with van der Waals surface area (Å²) >= 11 is 0. The molecular formula is C8H14N2O. The lowest BCUT2D eigenvalue weighted by molar-refractivity contribution is 0.370. The van der Waals surface area contributed by atoms with Gasteiger partial charge in [0.15, 0.2) is 5.76 Å². The van der Waals surface area contributed by atoms with Crippen molar-refractivity contribution in [3.63, 3.8) is 0 Å². The Hall–Kier alpha value is -0.830. The SMILES string of the molecule is CCCNCc1cc(C)no1. The van der Waals surface area contributed by atoms with E-state index in [0.717, 1.165) is 31.0 Å². The van der Waals surface area contributed by atoms with Crippen molar-refractivity contribution in [2.75, 3.05) is 6.54 Å². The molecule has 62 valence electrons. The number of aromatic nitrogens is 1. The maximum absolute atomic E-state index is 5.00. The standard InChI is InChI=1S/C8H14N2O/c1-3-4-9-6-8-5-7(2)10-11-8/h5,9H,3-4,6H2,1-2H3. The van der Waals surface area contributed by atoms with Crippen LogP contribution in [0.3, 0.4) is 0 Å². The molecule has 0 bridgehead atoms. The second-order valence-electron chi connectivity index (χ2n) is 2.61. The monoisotopic (exact) mass is 154 g/mol. The molecule has 0 aromatic carbocycles. The van der Waals surface area contributed by atoms with Gasteiger partial charge in [0, 0.05) is 6.07 Å². The van der Waals surface area contributed by atoms with E-state index in [0.29, 0.717) is 0 Å². The largest absolute Gasteiger partial charge is 0.360 e. The average molecular weight is 154 g/mol. The molecule has 0 spiro atoms. The van der Waals surface area contributed by atoms with Crippen LogP contribution in [0, 0.1) is 6.92 Å². The van der Waals surface area contributed by atoms with Crippen molar-refractivity contribution >= 4 is 0 Å². The quantitative estimate of drug-likeness (QED) is 0.667. The Morgan fingerprint density at radius 2 is 2.45 bits per heavy atom. The van der Waals surface area contributed by atoms with Crippen LogP contribution in [-0.2, 0) is 6.54 Å². The van der Waals surface area contributed by atoms with Gasteiger partial charge >= 0.3 is 0 Å². The zero-order chi connectivity index (χ0) is 8.10. The van der Waals surface area contributed by atoms with Gasteiger partial charge in [0.1, 0.15) is 0 Å². The predicted octanol–water partition coefficient (Wildman–Crippen LogP) is 1.48. The maximum Gasteiger partial charge on any atom is 0.150 e. The van der Waals surface area contributed by atoms with Crippen molar-refractivity contribution in [1.29, 1.82) is 0 Å². The smallest absolute Gasteiger partial charge is 0.150 e. The van der Waals surface area contributed by atoms with Crippen molar-refractivity contribution in [1.82, 2.24) is 10.5 Å². The van der Waals surface area contributed by atoms with Crippen LogP contribution in [0.15, 0.2) is 10.6 Å². The minimum atomic E-state index is 0.786. The van der Waals surface area contributed by atoms with Gasteiger partial charge < -0.3 is 9.84 Å². The molecule has 1 aromatic heterocycles. The first-order chi connectivity index (χ1) is 5.33. The summed E-state index contributed by atoms with van der Waals surface area (Å²) in [5, 5.41) is 7.01. The molecule has 3 heteroatoms. The molecule has 0 amide bonds. The lowest BCUT2D eigenvalue weighted by atomic mass is 10.4. The fraction of sp³-hybridized carbons (Fsp3) is 0.625. The Bertz CT molecular complexity index is 208. The molecule has 0 radical (unpaired) electrons. The first-order valence-corrected chi connectivity index (χ1v) is 3.96. The second-order valence-corrected chi connectivity index (χ2v) is 2.61. The molecule has 1 heterocycles. The molecule has 0 unspecified atom stereocenters. The third-order valence-electron chi connectivity index (χ3n) is 1.40. The van der Waals surface area contributed by atoms with Gasteiger partial charge in [-0.25, -0.2) is 0 Å². The number of hydrogen-bond acceptors (Lipinski definition) is 3. The van der Waals surface area contributed by atoms with Crippen LogP contribution in [0.5, 0.6) is 0 Å². The van der Waals surface area contributed by atoms with Gasteiger partial charge in [-0.2, -0.15) is 0 Å². The second kappa shape index (κ2) is 4.13. The van der Waals surface area contributed by atoms with Gasteiger partial charge in [0.2, 0.25) is 0 Å². The number of aryl methyl sites for hydroxylation is 1. The highest BCUT2D eigenvalue weighted by Gasteiger charge is 1.97. The van der Waals surface area contributed by atoms with Crippen LogP contribution >= 0.6 is 0 Å². The lowest BCUT2D eigenvalue weighted by Gasteiger charge is -1.96. The van der Waals surface area contributed by atoms with E-state index in [4.69, 9.17) is 4.52 Å². The van der Waals surface area contributed by atoms with E-state index in [-0.39, 0.29) is 0 Å². The van der Waals surface area contributed by atoms with Crippen molar-refractivity contribution in [3.05, 3.63) is 17.5 Å². The molecule has 3 nitrogen and oxygen atoms in total. The average Bonchev–Trinajstić information content (AvgIpc) is 2.37. The Morgan fingerprint density at radius 1 is 1.64 bits per heavy atom. The van der Waals surface area contributed by atoms with E-state index in [1.807, 2.05) is 13.0 Å². The summed E-state index contributed by atoms with van der Waals surface area (Å²) in [5.74, 6) is 0.913. The van der Waals surface area contributed by atoms with Crippen LogP contribution in [-0.4, -0.2) is 11.7 Å². The molecule has 0 aliphatic carbocycles. The topological polar surface area (TPSA) is 38.1 Å². The van der Waals surface area contributed by atoms with E-state index < -0.39 is 0 Å². The van der Waals surface area contributed by atoms with Crippen LogP contribution < -0.4 is 5.32 Å². The fourth-order valence-electron chi connectivity index (χ4n) is 0.888. The van der Waals surface area contributed by atoms with Gasteiger partial charge in [-0.15, -0.1) is 0 Å². The maximum atomic E-state index is 5.00. The highest BCUT2D eigenvalue weighted by atomic mass is 16.5. The Morgan fingerprint density at radius 3 is 3.00 bits per heavy atom. The molecule has 0 saturated carbocycles. The van der Waals surface area contributed by atoms with Gasteiger partial charge in [-0.1, -0.05) is 12.1 Å². The molecule has 0 aliphatic rings. The van der Waals surface area contributed by atoms with E-state index in [2.05, 4.69) is 17.4 Å². The van der Waals surface area contributed by atoms with E-state index in [1.54, 1.807) is 0 Å². The van der Waals surface area contributed by atoms with Crippen LogP contribution in [0.25, 0.3) is 0 Å². The number of nitrogens with zero attached hydrogens (tertiary/aromatic N) is 1. The van der Waals surface area contributed by atoms with Crippen LogP contribution in [0.1, 0.15) is 24.8 Å². The summed E-state index contributed by atoms with van der Waals surface area (Å²) in [6, 6.07) is 1.95. The van der Waals surface area contributed by atoms with Crippen molar-refractivity contribution < 1.29 is 4.52 Å². The third kappa shape index (κ3) is 2.72. The normalized spacial score (nSPS) is 10.4. The predicted molar refractivity (Wildman–Crippen MR) is 43.2 cm³/mol. The van der Waals surface area contributed by atoms with Crippen molar-refractivity contribution in [2.24, 2.45) is 0 Å². The summed E-state index contributed by atoms with van der Waals surface area (Å²) < 4.78 is 5.00. The summed E-state index contributed by atoms with van der Waals surface area (Å²) in [6.07, 6.45) is 1.15. The third-order valence-corrected chi connectivity index (χ3v) is 1.40. The molecule has 0 atom stereocenters. The number of hydrogen-bond donors (Lipinski definition) is 1. The zero-order valence-corrected chi connectivity index (χ0v) is 7.05. The Balaban J connectivity index is 2.27. The highest BCUT2D eigenvalue weighted by molar-refractivity contribution is 5.02. The minimum Gasteiger partial charge on any atom is -0.360 e. The van der Waals surface area contributed by atoms with Gasteiger partial charge in [-0.3, -0.25) is 0 Å². The Labute approximate surface area is 66.8 Å². The number of rotatable bonds is 4. The van der Waals surface area contributed by atoms with E-state index in [1.165, 1.54) is 0 Å². The summed E-state index contributed by atoms with van der Waals surface area (Å²) in [4.78, 5) is 0. The molecule has 0 aliphatic heterocycles. The molecule has 1 aromatic rings. The molecule has 11 heavy (non-hydrogen) atoms. The van der Waals surface area contributed by atoms with Crippen molar-refractivity contribution in [3.8, 4) is 0 Å². The summed E-state index contributed by atoms with van der Waals surface area (Å²) in [7, 11) is 0. The van der Waals surface area contributed by atoms with Crippen LogP contribution in [0.2, 0.25) is 0 Å². The lowest BCUT2D eigenvalue weighted by Crippen LogP contribution is -2.12. The van der Waals surface area contributed by atoms with Crippen molar-refractivity contribution in [2.45, 2.75) is 26.8 Å². The van der Waals surface area contributed by atoms with Gasteiger partial charge in [0.05, 0.1) is 12.2 Å². The Kier molecular flexibility index (Phi) is 3.11. The number of nitrogens with one attached hydrogen (secondary N) is 1. The van der Waals surface area contributed by atoms with E-state index in [9.17, 15) is 0 Å². The zero-order valence-electron chi connectivity index (χ0n) is 7.05. The minimum absolute atomic E-state index is 0.786. The van der Waals surface area contributed by atoms with E-state index >= 15 is 0 Å². The molecule has 1 rings (SSSR count). The first-order valence-electron chi connectivity index (χ1n) is 3.96. The molecular weight excluding hydrogens is 140 g/mol. The molecule has 0 saturated heterocycles. The summed E-state index contributed by atoms with van der Waals surface area (Å²) in [6.45, 7) is 5.87.